The van der Waals surface area contributed by atoms with E-state index in [0.29, 0.717) is 19.4 Å². The lowest BCUT2D eigenvalue weighted by Crippen LogP contribution is -2.31. The zero-order valence-electron chi connectivity index (χ0n) is 13.6. The molecule has 2 N–H and O–H groups in total. The molecule has 4 heteroatoms. The summed E-state index contributed by atoms with van der Waals surface area (Å²) in [6.45, 7) is 4.82. The summed E-state index contributed by atoms with van der Waals surface area (Å²) in [5.74, 6) is -0.671. The molecule has 0 radical (unpaired) electrons. The predicted molar refractivity (Wildman–Crippen MR) is 87.8 cm³/mol. The Bertz CT molecular complexity index is 468. The van der Waals surface area contributed by atoms with E-state index in [1.807, 2.05) is 18.2 Å². The molecule has 0 unspecified atom stereocenters. The van der Waals surface area contributed by atoms with Gasteiger partial charge in [0.1, 0.15) is 0 Å². The average Bonchev–Trinajstić information content (AvgIpc) is 2.46. The van der Waals surface area contributed by atoms with Crippen molar-refractivity contribution in [3.05, 3.63) is 35.9 Å². The highest BCUT2D eigenvalue weighted by atomic mass is 16.4. The standard InChI is InChI=1S/C18H27NO3/c1-18(2,15-10-6-5-7-11-15)14-16(20)19-13-9-4-3-8-12-17(21)22/h5-7,10-11H,3-4,8-9,12-14H2,1-2H3,(H,19,20)(H,21,22). The Morgan fingerprint density at radius 1 is 1.05 bits per heavy atom. The molecule has 122 valence electrons. The van der Waals surface area contributed by atoms with E-state index in [1.165, 1.54) is 5.56 Å². The van der Waals surface area contributed by atoms with Gasteiger partial charge in [-0.05, 0) is 23.8 Å². The highest BCUT2D eigenvalue weighted by Gasteiger charge is 2.23. The van der Waals surface area contributed by atoms with E-state index in [9.17, 15) is 9.59 Å². The minimum Gasteiger partial charge on any atom is -0.481 e. The van der Waals surface area contributed by atoms with Gasteiger partial charge in [0.05, 0.1) is 0 Å². The maximum Gasteiger partial charge on any atom is 0.303 e. The van der Waals surface area contributed by atoms with E-state index in [2.05, 4.69) is 31.3 Å². The first-order chi connectivity index (χ1) is 10.4. The van der Waals surface area contributed by atoms with Crippen molar-refractivity contribution in [1.29, 1.82) is 0 Å². The van der Waals surface area contributed by atoms with E-state index in [4.69, 9.17) is 5.11 Å². The molecule has 0 saturated carbocycles. The van der Waals surface area contributed by atoms with Crippen LogP contribution in [0.3, 0.4) is 0 Å². The zero-order valence-corrected chi connectivity index (χ0v) is 13.6. The molecule has 1 rings (SSSR count). The number of amides is 1. The number of carboxylic acid groups (broad SMARTS) is 1. The van der Waals surface area contributed by atoms with E-state index >= 15 is 0 Å². The highest BCUT2D eigenvalue weighted by molar-refractivity contribution is 5.77. The average molecular weight is 305 g/mol. The molecule has 1 amide bonds. The number of hydrogen-bond acceptors (Lipinski definition) is 2. The van der Waals surface area contributed by atoms with Gasteiger partial charge >= 0.3 is 5.97 Å². The molecule has 22 heavy (non-hydrogen) atoms. The van der Waals surface area contributed by atoms with Crippen LogP contribution in [0.4, 0.5) is 0 Å². The van der Waals surface area contributed by atoms with Gasteiger partial charge in [-0.1, -0.05) is 57.0 Å². The van der Waals surface area contributed by atoms with Gasteiger partial charge in [0.15, 0.2) is 0 Å². The SMILES string of the molecule is CC(C)(CC(=O)NCCCCCCC(=O)O)c1ccccc1. The molecular weight excluding hydrogens is 278 g/mol. The third kappa shape index (κ3) is 7.25. The molecule has 0 saturated heterocycles. The van der Waals surface area contributed by atoms with Crippen molar-refractivity contribution in [3.8, 4) is 0 Å². The lowest BCUT2D eigenvalue weighted by Gasteiger charge is -2.24. The molecule has 4 nitrogen and oxygen atoms in total. The van der Waals surface area contributed by atoms with Gasteiger partial charge in [-0.2, -0.15) is 0 Å². The van der Waals surface area contributed by atoms with Gasteiger partial charge in [0.25, 0.3) is 0 Å². The molecule has 0 fully saturated rings. The molecular formula is C18H27NO3. The van der Waals surface area contributed by atoms with Gasteiger partial charge in [-0.15, -0.1) is 0 Å². The molecule has 0 spiro atoms. The van der Waals surface area contributed by atoms with Crippen molar-refractivity contribution in [3.63, 3.8) is 0 Å². The molecule has 0 aliphatic heterocycles. The Hall–Kier alpha value is -1.84. The molecule has 0 aromatic heterocycles. The molecule has 0 aliphatic carbocycles. The number of aliphatic carboxylic acids is 1. The van der Waals surface area contributed by atoms with Crippen molar-refractivity contribution in [2.24, 2.45) is 0 Å². The summed E-state index contributed by atoms with van der Waals surface area (Å²) in [5.41, 5.74) is 0.992. The summed E-state index contributed by atoms with van der Waals surface area (Å²) in [4.78, 5) is 22.4. The minimum absolute atomic E-state index is 0.0689. The number of unbranched alkanes of at least 4 members (excludes halogenated alkanes) is 3. The van der Waals surface area contributed by atoms with E-state index in [1.54, 1.807) is 0 Å². The Balaban J connectivity index is 2.19. The first kappa shape index (κ1) is 18.2. The van der Waals surface area contributed by atoms with Crippen LogP contribution in [0.5, 0.6) is 0 Å². The maximum atomic E-state index is 12.0. The molecule has 0 atom stereocenters. The van der Waals surface area contributed by atoms with Crippen molar-refractivity contribution < 1.29 is 14.7 Å². The van der Waals surface area contributed by atoms with Crippen molar-refractivity contribution in [2.75, 3.05) is 6.54 Å². The zero-order chi connectivity index (χ0) is 16.4. The van der Waals surface area contributed by atoms with Gasteiger partial charge in [-0.25, -0.2) is 0 Å². The highest BCUT2D eigenvalue weighted by Crippen LogP contribution is 2.26. The number of benzene rings is 1. The van der Waals surface area contributed by atoms with Crippen LogP contribution in [0.25, 0.3) is 0 Å². The quantitative estimate of drug-likeness (QED) is 0.650. The Labute approximate surface area is 132 Å². The number of carboxylic acids is 1. The van der Waals surface area contributed by atoms with Crippen LogP contribution in [0, 0.1) is 0 Å². The van der Waals surface area contributed by atoms with Crippen molar-refractivity contribution in [2.45, 2.75) is 57.8 Å². The molecule has 0 bridgehead atoms. The molecule has 0 aliphatic rings. The van der Waals surface area contributed by atoms with Gasteiger partial charge in [0.2, 0.25) is 5.91 Å². The second-order valence-corrected chi connectivity index (χ2v) is 6.33. The summed E-state index contributed by atoms with van der Waals surface area (Å²) in [6, 6.07) is 10.1. The fourth-order valence-corrected chi connectivity index (χ4v) is 2.44. The second kappa shape index (κ2) is 9.23. The van der Waals surface area contributed by atoms with Gasteiger partial charge in [0, 0.05) is 19.4 Å². The predicted octanol–water partition coefficient (Wildman–Crippen LogP) is 3.51. The summed E-state index contributed by atoms with van der Waals surface area (Å²) >= 11 is 0. The second-order valence-electron chi connectivity index (χ2n) is 6.33. The van der Waals surface area contributed by atoms with Crippen LogP contribution in [0.2, 0.25) is 0 Å². The Morgan fingerprint density at radius 2 is 1.68 bits per heavy atom. The lowest BCUT2D eigenvalue weighted by atomic mass is 9.81. The number of carbonyl (C=O) groups excluding carboxylic acids is 1. The largest absolute Gasteiger partial charge is 0.481 e. The Morgan fingerprint density at radius 3 is 2.32 bits per heavy atom. The fraction of sp³-hybridized carbons (Fsp3) is 0.556. The minimum atomic E-state index is -0.739. The molecule has 0 heterocycles. The lowest BCUT2D eigenvalue weighted by molar-refractivity contribution is -0.137. The van der Waals surface area contributed by atoms with E-state index in [0.717, 1.165) is 19.3 Å². The van der Waals surface area contributed by atoms with Crippen molar-refractivity contribution in [1.82, 2.24) is 5.32 Å². The number of carbonyl (C=O) groups is 2. The van der Waals surface area contributed by atoms with Crippen LogP contribution >= 0.6 is 0 Å². The van der Waals surface area contributed by atoms with E-state index < -0.39 is 5.97 Å². The van der Waals surface area contributed by atoms with Crippen LogP contribution < -0.4 is 5.32 Å². The van der Waals surface area contributed by atoms with Crippen LogP contribution in [0.15, 0.2) is 30.3 Å². The van der Waals surface area contributed by atoms with Crippen molar-refractivity contribution >= 4 is 11.9 Å². The fourth-order valence-electron chi connectivity index (χ4n) is 2.44. The number of hydrogen-bond donors (Lipinski definition) is 2. The summed E-state index contributed by atoms with van der Waals surface area (Å²) in [5, 5.41) is 11.5. The first-order valence-corrected chi connectivity index (χ1v) is 7.96. The molecule has 1 aromatic carbocycles. The van der Waals surface area contributed by atoms with Crippen LogP contribution in [0.1, 0.15) is 57.9 Å². The summed E-state index contributed by atoms with van der Waals surface area (Å²) in [6.07, 6.45) is 4.17. The summed E-state index contributed by atoms with van der Waals surface area (Å²) in [7, 11) is 0. The smallest absolute Gasteiger partial charge is 0.303 e. The van der Waals surface area contributed by atoms with Gasteiger partial charge in [-0.3, -0.25) is 9.59 Å². The van der Waals surface area contributed by atoms with Crippen LogP contribution in [-0.2, 0) is 15.0 Å². The third-order valence-corrected chi connectivity index (χ3v) is 3.80. The third-order valence-electron chi connectivity index (χ3n) is 3.80. The normalized spacial score (nSPS) is 11.2. The first-order valence-electron chi connectivity index (χ1n) is 7.96. The van der Waals surface area contributed by atoms with Crippen LogP contribution in [-0.4, -0.2) is 23.5 Å². The monoisotopic (exact) mass is 305 g/mol. The maximum absolute atomic E-state index is 12.0. The number of nitrogens with one attached hydrogen (secondary N) is 1. The topological polar surface area (TPSA) is 66.4 Å². The Kier molecular flexibility index (Phi) is 7.64. The van der Waals surface area contributed by atoms with Gasteiger partial charge < -0.3 is 10.4 Å². The molecule has 1 aromatic rings. The summed E-state index contributed by atoms with van der Waals surface area (Å²) < 4.78 is 0. The van der Waals surface area contributed by atoms with E-state index in [-0.39, 0.29) is 17.7 Å². The number of rotatable bonds is 10.